The number of halogens is 1. The molecule has 1 aromatic heterocycles. The summed E-state index contributed by atoms with van der Waals surface area (Å²) in [4.78, 5) is 7.79. The molecule has 0 amide bonds. The summed E-state index contributed by atoms with van der Waals surface area (Å²) in [7, 11) is 0. The zero-order valence-corrected chi connectivity index (χ0v) is 8.04. The molecule has 1 aliphatic rings. The number of nitrogen functional groups attached to an aromatic ring is 1. The Kier molecular flexibility index (Phi) is 2.00. The van der Waals surface area contributed by atoms with Gasteiger partial charge in [0, 0.05) is 6.04 Å². The van der Waals surface area contributed by atoms with Crippen molar-refractivity contribution in [1.82, 2.24) is 9.97 Å². The third-order valence-electron chi connectivity index (χ3n) is 2.19. The predicted molar refractivity (Wildman–Crippen MR) is 52.6 cm³/mol. The number of hydrogen-bond donors (Lipinski definition) is 2. The predicted octanol–water partition coefficient (Wildman–Crippen LogP) is 1.53. The summed E-state index contributed by atoms with van der Waals surface area (Å²) in [5, 5.41) is 3.73. The highest BCUT2D eigenvalue weighted by molar-refractivity contribution is 6.32. The minimum Gasteiger partial charge on any atom is -0.368 e. The molecule has 3 N–H and O–H groups in total. The van der Waals surface area contributed by atoms with E-state index < -0.39 is 0 Å². The maximum absolute atomic E-state index is 5.87. The van der Waals surface area contributed by atoms with Gasteiger partial charge in [-0.3, -0.25) is 0 Å². The molecular formula is C8H11ClN4. The Morgan fingerprint density at radius 3 is 3.00 bits per heavy atom. The van der Waals surface area contributed by atoms with Gasteiger partial charge in [0.15, 0.2) is 5.82 Å². The van der Waals surface area contributed by atoms with E-state index in [0.717, 1.165) is 0 Å². The number of nitrogens with one attached hydrogen (secondary N) is 1. The fourth-order valence-electron chi connectivity index (χ4n) is 1.18. The van der Waals surface area contributed by atoms with Crippen molar-refractivity contribution in [2.45, 2.75) is 19.4 Å². The molecule has 5 heteroatoms. The Hall–Kier alpha value is -1.03. The summed E-state index contributed by atoms with van der Waals surface area (Å²) in [6.45, 7) is 2.18. The Balaban J connectivity index is 2.14. The molecule has 2 rings (SSSR count). The first-order valence-electron chi connectivity index (χ1n) is 4.21. The molecule has 2 unspecified atom stereocenters. The molecule has 0 aliphatic heterocycles. The van der Waals surface area contributed by atoms with Gasteiger partial charge in [-0.15, -0.1) is 0 Å². The van der Waals surface area contributed by atoms with Gasteiger partial charge < -0.3 is 11.1 Å². The van der Waals surface area contributed by atoms with E-state index in [1.165, 1.54) is 12.6 Å². The lowest BCUT2D eigenvalue weighted by molar-refractivity contribution is 0.922. The molecule has 70 valence electrons. The van der Waals surface area contributed by atoms with Gasteiger partial charge in [-0.05, 0) is 12.3 Å². The van der Waals surface area contributed by atoms with E-state index in [-0.39, 0.29) is 5.95 Å². The second-order valence-electron chi connectivity index (χ2n) is 3.39. The minimum atomic E-state index is 0.250. The van der Waals surface area contributed by atoms with Gasteiger partial charge in [-0.2, -0.15) is 4.98 Å². The first kappa shape index (κ1) is 8.56. The van der Waals surface area contributed by atoms with Gasteiger partial charge in [0.1, 0.15) is 5.02 Å². The Bertz CT molecular complexity index is 328. The van der Waals surface area contributed by atoms with Crippen LogP contribution >= 0.6 is 11.6 Å². The van der Waals surface area contributed by atoms with Crippen LogP contribution in [0.1, 0.15) is 13.3 Å². The van der Waals surface area contributed by atoms with E-state index in [0.29, 0.717) is 22.8 Å². The zero-order valence-electron chi connectivity index (χ0n) is 7.29. The van der Waals surface area contributed by atoms with Crippen LogP contribution in [-0.2, 0) is 0 Å². The lowest BCUT2D eigenvalue weighted by atomic mass is 10.4. The van der Waals surface area contributed by atoms with Gasteiger partial charge in [-0.25, -0.2) is 4.98 Å². The van der Waals surface area contributed by atoms with E-state index in [2.05, 4.69) is 22.2 Å². The zero-order chi connectivity index (χ0) is 9.42. The van der Waals surface area contributed by atoms with Crippen molar-refractivity contribution < 1.29 is 0 Å². The SMILES string of the molecule is CC1CC1Nc1nc(N)ncc1Cl. The second-order valence-corrected chi connectivity index (χ2v) is 3.80. The monoisotopic (exact) mass is 198 g/mol. The van der Waals surface area contributed by atoms with Crippen molar-refractivity contribution in [3.8, 4) is 0 Å². The number of rotatable bonds is 2. The summed E-state index contributed by atoms with van der Waals surface area (Å²) in [5.74, 6) is 1.59. The molecule has 2 atom stereocenters. The van der Waals surface area contributed by atoms with Gasteiger partial charge in [0.05, 0.1) is 6.20 Å². The lowest BCUT2D eigenvalue weighted by Gasteiger charge is -2.05. The van der Waals surface area contributed by atoms with E-state index in [1.807, 2.05) is 0 Å². The lowest BCUT2D eigenvalue weighted by Crippen LogP contribution is -2.07. The third-order valence-corrected chi connectivity index (χ3v) is 2.47. The van der Waals surface area contributed by atoms with Crippen LogP contribution in [0.2, 0.25) is 5.02 Å². The highest BCUT2D eigenvalue weighted by atomic mass is 35.5. The summed E-state index contributed by atoms with van der Waals surface area (Å²) >= 11 is 5.87. The molecule has 0 saturated heterocycles. The van der Waals surface area contributed by atoms with Crippen LogP contribution in [0.15, 0.2) is 6.20 Å². The fourth-order valence-corrected chi connectivity index (χ4v) is 1.33. The molecule has 0 spiro atoms. The molecule has 1 fully saturated rings. The quantitative estimate of drug-likeness (QED) is 0.757. The Morgan fingerprint density at radius 1 is 1.69 bits per heavy atom. The van der Waals surface area contributed by atoms with Crippen molar-refractivity contribution in [2.75, 3.05) is 11.1 Å². The first-order valence-corrected chi connectivity index (χ1v) is 4.59. The van der Waals surface area contributed by atoms with Crippen molar-refractivity contribution in [3.05, 3.63) is 11.2 Å². The third kappa shape index (κ3) is 1.83. The Morgan fingerprint density at radius 2 is 2.38 bits per heavy atom. The number of hydrogen-bond acceptors (Lipinski definition) is 4. The smallest absolute Gasteiger partial charge is 0.222 e. The Labute approximate surface area is 81.5 Å². The van der Waals surface area contributed by atoms with Crippen LogP contribution in [0.4, 0.5) is 11.8 Å². The summed E-state index contributed by atoms with van der Waals surface area (Å²) in [6.07, 6.45) is 2.68. The van der Waals surface area contributed by atoms with Gasteiger partial charge in [-0.1, -0.05) is 18.5 Å². The normalized spacial score (nSPS) is 25.7. The van der Waals surface area contributed by atoms with Gasteiger partial charge >= 0.3 is 0 Å². The van der Waals surface area contributed by atoms with Crippen LogP contribution < -0.4 is 11.1 Å². The molecule has 1 aliphatic carbocycles. The molecular weight excluding hydrogens is 188 g/mol. The van der Waals surface area contributed by atoms with Gasteiger partial charge in [0.25, 0.3) is 0 Å². The first-order chi connectivity index (χ1) is 6.16. The van der Waals surface area contributed by atoms with Crippen molar-refractivity contribution >= 4 is 23.4 Å². The van der Waals surface area contributed by atoms with E-state index in [9.17, 15) is 0 Å². The van der Waals surface area contributed by atoms with Gasteiger partial charge in [0.2, 0.25) is 5.95 Å². The molecule has 4 nitrogen and oxygen atoms in total. The molecule has 13 heavy (non-hydrogen) atoms. The molecule has 1 heterocycles. The van der Waals surface area contributed by atoms with E-state index in [1.54, 1.807) is 0 Å². The molecule has 0 bridgehead atoms. The van der Waals surface area contributed by atoms with Crippen molar-refractivity contribution in [2.24, 2.45) is 5.92 Å². The maximum atomic E-state index is 5.87. The summed E-state index contributed by atoms with van der Waals surface area (Å²) in [6, 6.07) is 0.492. The van der Waals surface area contributed by atoms with Crippen molar-refractivity contribution in [1.29, 1.82) is 0 Å². The van der Waals surface area contributed by atoms with E-state index in [4.69, 9.17) is 17.3 Å². The topological polar surface area (TPSA) is 63.8 Å². The maximum Gasteiger partial charge on any atom is 0.222 e. The average molecular weight is 199 g/mol. The molecule has 0 radical (unpaired) electrons. The van der Waals surface area contributed by atoms with E-state index >= 15 is 0 Å². The number of nitrogens with zero attached hydrogens (tertiary/aromatic N) is 2. The minimum absolute atomic E-state index is 0.250. The molecule has 1 aromatic rings. The second kappa shape index (κ2) is 3.03. The number of aromatic nitrogens is 2. The van der Waals surface area contributed by atoms with Crippen LogP contribution in [0.3, 0.4) is 0 Å². The summed E-state index contributed by atoms with van der Waals surface area (Å²) < 4.78 is 0. The van der Waals surface area contributed by atoms with Crippen LogP contribution in [0.5, 0.6) is 0 Å². The average Bonchev–Trinajstić information content (AvgIpc) is 2.75. The molecule has 1 saturated carbocycles. The largest absolute Gasteiger partial charge is 0.368 e. The highest BCUT2D eigenvalue weighted by Gasteiger charge is 2.33. The summed E-state index contributed by atoms with van der Waals surface area (Å²) in [5.41, 5.74) is 5.44. The number of anilines is 2. The molecule has 0 aromatic carbocycles. The standard InChI is InChI=1S/C8H11ClN4/c1-4-2-6(4)12-7-5(9)3-11-8(10)13-7/h3-4,6H,2H2,1H3,(H3,10,11,12,13). The van der Waals surface area contributed by atoms with Crippen molar-refractivity contribution in [3.63, 3.8) is 0 Å². The van der Waals surface area contributed by atoms with Crippen LogP contribution in [0.25, 0.3) is 0 Å². The fraction of sp³-hybridized carbons (Fsp3) is 0.500. The van der Waals surface area contributed by atoms with Crippen LogP contribution in [0, 0.1) is 5.92 Å². The highest BCUT2D eigenvalue weighted by Crippen LogP contribution is 2.33. The van der Waals surface area contributed by atoms with Crippen LogP contribution in [-0.4, -0.2) is 16.0 Å². The number of nitrogens with two attached hydrogens (primary N) is 1.